The summed E-state index contributed by atoms with van der Waals surface area (Å²) in [4.78, 5) is 27.1. The minimum atomic E-state index is -2.93. The molecule has 0 atom stereocenters. The van der Waals surface area contributed by atoms with Crippen molar-refractivity contribution in [2.45, 2.75) is 25.9 Å². The number of aromatic nitrogens is 1. The average molecular weight is 416 g/mol. The van der Waals surface area contributed by atoms with Crippen molar-refractivity contribution >= 4 is 16.8 Å². The van der Waals surface area contributed by atoms with Gasteiger partial charge in [-0.15, -0.1) is 0 Å². The van der Waals surface area contributed by atoms with E-state index in [1.165, 1.54) is 13.2 Å². The third kappa shape index (κ3) is 5.56. The highest BCUT2D eigenvalue weighted by Gasteiger charge is 2.11. The first-order valence-electron chi connectivity index (χ1n) is 9.45. The Morgan fingerprint density at radius 2 is 1.90 bits per heavy atom. The molecule has 3 rings (SSSR count). The van der Waals surface area contributed by atoms with Gasteiger partial charge in [-0.05, 0) is 48.1 Å². The van der Waals surface area contributed by atoms with Crippen molar-refractivity contribution in [3.8, 4) is 11.5 Å². The molecule has 2 aromatic carbocycles. The number of aromatic amines is 1. The molecule has 0 spiro atoms. The smallest absolute Gasteiger partial charge is 0.387 e. The normalized spacial score (nSPS) is 10.9. The second-order valence-electron chi connectivity index (χ2n) is 6.67. The number of carbonyl (C=O) groups excluding carboxylic acids is 1. The molecule has 158 valence electrons. The van der Waals surface area contributed by atoms with Gasteiger partial charge in [0.1, 0.15) is 0 Å². The molecule has 0 aliphatic rings. The van der Waals surface area contributed by atoms with Crippen molar-refractivity contribution in [2.75, 3.05) is 13.7 Å². The van der Waals surface area contributed by atoms with Gasteiger partial charge < -0.3 is 19.8 Å². The number of carbonyl (C=O) groups is 1. The number of halogens is 2. The van der Waals surface area contributed by atoms with Crippen LogP contribution in [-0.4, -0.2) is 31.2 Å². The molecule has 1 aromatic heterocycles. The van der Waals surface area contributed by atoms with Gasteiger partial charge in [0.15, 0.2) is 11.5 Å². The fourth-order valence-corrected chi connectivity index (χ4v) is 3.12. The van der Waals surface area contributed by atoms with Crippen molar-refractivity contribution in [2.24, 2.45) is 0 Å². The molecular weight excluding hydrogens is 394 g/mol. The highest BCUT2D eigenvalue weighted by Crippen LogP contribution is 2.29. The summed E-state index contributed by atoms with van der Waals surface area (Å²) in [5.41, 5.74) is 1.93. The second kappa shape index (κ2) is 9.87. The van der Waals surface area contributed by atoms with Crippen LogP contribution in [0, 0.1) is 0 Å². The number of methoxy groups -OCH3 is 1. The van der Waals surface area contributed by atoms with Crippen molar-refractivity contribution in [3.63, 3.8) is 0 Å². The number of hydrogen-bond acceptors (Lipinski definition) is 4. The first kappa shape index (κ1) is 21.3. The highest BCUT2D eigenvalue weighted by molar-refractivity contribution is 5.79. The van der Waals surface area contributed by atoms with Crippen LogP contribution in [0.3, 0.4) is 0 Å². The van der Waals surface area contributed by atoms with E-state index in [1.807, 2.05) is 24.3 Å². The predicted octanol–water partition coefficient (Wildman–Crippen LogP) is 3.43. The Morgan fingerprint density at radius 3 is 2.67 bits per heavy atom. The van der Waals surface area contributed by atoms with E-state index in [1.54, 1.807) is 18.2 Å². The SMILES string of the molecule is COc1cc(CCNC(=O)CCc2cc3ccccc3[nH]c2=O)ccc1OC(F)F. The maximum Gasteiger partial charge on any atom is 0.387 e. The zero-order valence-corrected chi connectivity index (χ0v) is 16.4. The Labute approximate surface area is 171 Å². The Balaban J connectivity index is 1.51. The van der Waals surface area contributed by atoms with Crippen LogP contribution < -0.4 is 20.3 Å². The lowest BCUT2D eigenvalue weighted by molar-refractivity contribution is -0.121. The van der Waals surface area contributed by atoms with Gasteiger partial charge in [0.25, 0.3) is 5.56 Å². The van der Waals surface area contributed by atoms with Gasteiger partial charge in [-0.2, -0.15) is 8.78 Å². The van der Waals surface area contributed by atoms with Crippen LogP contribution in [0.1, 0.15) is 17.5 Å². The lowest BCUT2D eigenvalue weighted by atomic mass is 10.1. The van der Waals surface area contributed by atoms with E-state index < -0.39 is 6.61 Å². The molecule has 2 N–H and O–H groups in total. The third-order valence-corrected chi connectivity index (χ3v) is 4.63. The lowest BCUT2D eigenvalue weighted by Crippen LogP contribution is -2.26. The molecule has 0 saturated heterocycles. The van der Waals surface area contributed by atoms with Crippen LogP contribution in [0.15, 0.2) is 53.3 Å². The van der Waals surface area contributed by atoms with Gasteiger partial charge in [0.2, 0.25) is 5.91 Å². The van der Waals surface area contributed by atoms with Gasteiger partial charge in [0.05, 0.1) is 7.11 Å². The zero-order valence-electron chi connectivity index (χ0n) is 16.4. The van der Waals surface area contributed by atoms with Crippen LogP contribution in [0.5, 0.6) is 11.5 Å². The summed E-state index contributed by atoms with van der Waals surface area (Å²) in [7, 11) is 1.37. The number of rotatable bonds is 9. The Hall–Kier alpha value is -3.42. The van der Waals surface area contributed by atoms with E-state index in [0.717, 1.165) is 16.5 Å². The fourth-order valence-electron chi connectivity index (χ4n) is 3.12. The summed E-state index contributed by atoms with van der Waals surface area (Å²) in [5.74, 6) is -0.0114. The zero-order chi connectivity index (χ0) is 21.5. The number of benzene rings is 2. The molecular formula is C22H22F2N2O4. The molecule has 1 heterocycles. The first-order valence-corrected chi connectivity index (χ1v) is 9.45. The van der Waals surface area contributed by atoms with Gasteiger partial charge in [-0.3, -0.25) is 9.59 Å². The summed E-state index contributed by atoms with van der Waals surface area (Å²) in [5, 5.41) is 3.72. The summed E-state index contributed by atoms with van der Waals surface area (Å²) in [6.07, 6.45) is 1.01. The lowest BCUT2D eigenvalue weighted by Gasteiger charge is -2.11. The molecule has 30 heavy (non-hydrogen) atoms. The number of aryl methyl sites for hydroxylation is 1. The fraction of sp³-hybridized carbons (Fsp3) is 0.273. The van der Waals surface area contributed by atoms with Crippen molar-refractivity contribution < 1.29 is 23.0 Å². The summed E-state index contributed by atoms with van der Waals surface area (Å²) in [6.45, 7) is -2.57. The Bertz CT molecular complexity index is 1080. The molecule has 0 unspecified atom stereocenters. The number of amides is 1. The van der Waals surface area contributed by atoms with E-state index in [4.69, 9.17) is 4.74 Å². The van der Waals surface area contributed by atoms with E-state index in [9.17, 15) is 18.4 Å². The summed E-state index contributed by atoms with van der Waals surface area (Å²) < 4.78 is 34.2. The number of fused-ring (bicyclic) bond motifs is 1. The highest BCUT2D eigenvalue weighted by atomic mass is 19.3. The minimum absolute atomic E-state index is 0.0408. The van der Waals surface area contributed by atoms with Crippen LogP contribution >= 0.6 is 0 Å². The number of hydrogen-bond donors (Lipinski definition) is 2. The average Bonchev–Trinajstić information content (AvgIpc) is 2.72. The number of para-hydroxylation sites is 1. The molecule has 0 aliphatic heterocycles. The number of pyridine rings is 1. The largest absolute Gasteiger partial charge is 0.493 e. The monoisotopic (exact) mass is 416 g/mol. The third-order valence-electron chi connectivity index (χ3n) is 4.63. The predicted molar refractivity (Wildman–Crippen MR) is 109 cm³/mol. The number of ether oxygens (including phenoxy) is 2. The quantitative estimate of drug-likeness (QED) is 0.560. The number of alkyl halides is 2. The molecule has 6 nitrogen and oxygen atoms in total. The molecule has 0 saturated carbocycles. The van der Waals surface area contributed by atoms with E-state index in [-0.39, 0.29) is 29.4 Å². The van der Waals surface area contributed by atoms with Crippen LogP contribution in [0.2, 0.25) is 0 Å². The first-order chi connectivity index (χ1) is 14.5. The topological polar surface area (TPSA) is 80.4 Å². The molecule has 0 bridgehead atoms. The molecule has 0 aliphatic carbocycles. The summed E-state index contributed by atoms with van der Waals surface area (Å²) >= 11 is 0. The maximum absolute atomic E-state index is 12.4. The van der Waals surface area contributed by atoms with Gasteiger partial charge in [-0.25, -0.2) is 0 Å². The van der Waals surface area contributed by atoms with Crippen molar-refractivity contribution in [1.29, 1.82) is 0 Å². The Kier molecular flexibility index (Phi) is 7.00. The van der Waals surface area contributed by atoms with Gasteiger partial charge in [-0.1, -0.05) is 24.3 Å². The van der Waals surface area contributed by atoms with Crippen molar-refractivity contribution in [1.82, 2.24) is 10.3 Å². The number of H-pyrrole nitrogens is 1. The van der Waals surface area contributed by atoms with E-state index in [0.29, 0.717) is 24.9 Å². The van der Waals surface area contributed by atoms with Gasteiger partial charge in [0, 0.05) is 24.0 Å². The molecule has 8 heteroatoms. The second-order valence-corrected chi connectivity index (χ2v) is 6.67. The number of nitrogens with one attached hydrogen (secondary N) is 2. The Morgan fingerprint density at radius 1 is 1.10 bits per heavy atom. The standard InChI is InChI=1S/C22H22F2N2O4/c1-29-19-12-14(6-8-18(19)30-22(23)24)10-11-25-20(27)9-7-16-13-15-4-2-3-5-17(15)26-21(16)28/h2-6,8,12-13,22H,7,9-11H2,1H3,(H,25,27)(H,26,28). The molecule has 1 amide bonds. The van der Waals surface area contributed by atoms with E-state index >= 15 is 0 Å². The maximum atomic E-state index is 12.4. The van der Waals surface area contributed by atoms with Crippen LogP contribution in [0.25, 0.3) is 10.9 Å². The summed E-state index contributed by atoms with van der Waals surface area (Å²) in [6, 6.07) is 13.9. The molecule has 0 fully saturated rings. The molecule has 3 aromatic rings. The van der Waals surface area contributed by atoms with Crippen LogP contribution in [0.4, 0.5) is 8.78 Å². The van der Waals surface area contributed by atoms with Crippen molar-refractivity contribution in [3.05, 3.63) is 70.0 Å². The van der Waals surface area contributed by atoms with Crippen LogP contribution in [-0.2, 0) is 17.6 Å². The minimum Gasteiger partial charge on any atom is -0.493 e. The van der Waals surface area contributed by atoms with E-state index in [2.05, 4.69) is 15.0 Å². The molecule has 0 radical (unpaired) electrons. The van der Waals surface area contributed by atoms with Gasteiger partial charge >= 0.3 is 6.61 Å².